The van der Waals surface area contributed by atoms with Gasteiger partial charge in [-0.2, -0.15) is 0 Å². The Labute approximate surface area is 130 Å². The first-order chi connectivity index (χ1) is 10.9. The molecule has 3 rings (SSSR count). The number of carbonyl (C=O) groups excluding carboxylic acids is 2. The lowest BCUT2D eigenvalue weighted by atomic mass is 10.2. The van der Waals surface area contributed by atoms with Crippen LogP contribution in [0.15, 0.2) is 42.5 Å². The summed E-state index contributed by atoms with van der Waals surface area (Å²) in [5.41, 5.74) is 1.70. The maximum absolute atomic E-state index is 12.1. The van der Waals surface area contributed by atoms with Gasteiger partial charge in [-0.15, -0.1) is 9.13 Å². The fraction of sp³-hybridized carbons (Fsp3) is 0.125. The molecule has 114 valence electrons. The highest BCUT2D eigenvalue weighted by Gasteiger charge is 2.33. The number of rotatable bonds is 1. The highest BCUT2D eigenvalue weighted by molar-refractivity contribution is 5.87. The fourth-order valence-corrected chi connectivity index (χ4v) is 2.77. The van der Waals surface area contributed by atoms with E-state index in [0.717, 1.165) is 0 Å². The topological polar surface area (TPSA) is 85.0 Å². The zero-order valence-electron chi connectivity index (χ0n) is 12.5. The minimum absolute atomic E-state index is 0.141. The van der Waals surface area contributed by atoms with Crippen LogP contribution in [0.3, 0.4) is 0 Å². The molecule has 1 heterocycles. The van der Waals surface area contributed by atoms with E-state index < -0.39 is 4.92 Å². The summed E-state index contributed by atoms with van der Waals surface area (Å²) in [5.74, 6) is -0.529. The number of aromatic nitrogens is 2. The Bertz CT molecular complexity index is 1010. The zero-order chi connectivity index (χ0) is 16.7. The van der Waals surface area contributed by atoms with Crippen molar-refractivity contribution in [3.05, 3.63) is 52.6 Å². The molecule has 0 N–H and O–H groups in total. The van der Waals surface area contributed by atoms with Gasteiger partial charge in [0, 0.05) is 24.3 Å². The van der Waals surface area contributed by atoms with Gasteiger partial charge in [-0.05, 0) is 0 Å². The molecule has 0 unspecified atom stereocenters. The second-order valence-electron chi connectivity index (χ2n) is 5.13. The second kappa shape index (κ2) is 5.20. The van der Waals surface area contributed by atoms with E-state index in [1.54, 1.807) is 24.3 Å². The van der Waals surface area contributed by atoms with E-state index in [9.17, 15) is 19.7 Å². The van der Waals surface area contributed by atoms with Crippen molar-refractivity contribution in [2.45, 2.75) is 13.8 Å². The van der Waals surface area contributed by atoms with Crippen molar-refractivity contribution >= 4 is 39.6 Å². The van der Waals surface area contributed by atoms with Gasteiger partial charge in [0.25, 0.3) is 27.8 Å². The predicted molar refractivity (Wildman–Crippen MR) is 81.1 cm³/mol. The normalized spacial score (nSPS) is 10.9. The van der Waals surface area contributed by atoms with Gasteiger partial charge in [0.05, 0.1) is 24.8 Å². The van der Waals surface area contributed by atoms with Gasteiger partial charge in [-0.25, -0.2) is 9.59 Å². The quantitative estimate of drug-likeness (QED) is 0.297. The standard InChI is InChI=1S/C16H13N3O4/c1-10(20)17-13-5-3-4-6-14(13)18(11(2)21)16-9-12(19(22)23)7-8-15(16)17/h3-9H,1-2H3/q+2. The molecule has 0 saturated heterocycles. The van der Waals surface area contributed by atoms with Crippen LogP contribution in [0.5, 0.6) is 0 Å². The third kappa shape index (κ3) is 2.22. The maximum atomic E-state index is 12.1. The average molecular weight is 311 g/mol. The van der Waals surface area contributed by atoms with Gasteiger partial charge in [-0.3, -0.25) is 10.1 Å². The summed E-state index contributed by atoms with van der Waals surface area (Å²) in [7, 11) is 0. The summed E-state index contributed by atoms with van der Waals surface area (Å²) in [6, 6.07) is 11.1. The van der Waals surface area contributed by atoms with Crippen LogP contribution in [-0.2, 0) is 0 Å². The Morgan fingerprint density at radius 2 is 1.35 bits per heavy atom. The smallest absolute Gasteiger partial charge is 0.258 e. The van der Waals surface area contributed by atoms with E-state index in [2.05, 4.69) is 0 Å². The van der Waals surface area contributed by atoms with E-state index in [-0.39, 0.29) is 17.5 Å². The Balaban J connectivity index is 2.64. The highest BCUT2D eigenvalue weighted by Crippen LogP contribution is 2.19. The van der Waals surface area contributed by atoms with E-state index in [1.165, 1.54) is 41.2 Å². The summed E-state index contributed by atoms with van der Waals surface area (Å²) < 4.78 is 2.84. The van der Waals surface area contributed by atoms with Crippen molar-refractivity contribution in [3.8, 4) is 0 Å². The molecule has 0 aliphatic rings. The third-order valence-electron chi connectivity index (χ3n) is 3.64. The molecule has 0 radical (unpaired) electrons. The molecule has 0 saturated carbocycles. The first-order valence-corrected chi connectivity index (χ1v) is 6.90. The molecule has 0 amide bonds. The van der Waals surface area contributed by atoms with Crippen LogP contribution in [0, 0.1) is 10.1 Å². The molecule has 0 aliphatic carbocycles. The summed E-state index contributed by atoms with van der Waals surface area (Å²) in [6.07, 6.45) is 0. The third-order valence-corrected chi connectivity index (χ3v) is 3.64. The van der Waals surface area contributed by atoms with Crippen LogP contribution in [0.25, 0.3) is 22.1 Å². The van der Waals surface area contributed by atoms with E-state index in [0.29, 0.717) is 22.1 Å². The van der Waals surface area contributed by atoms with Gasteiger partial charge in [0.2, 0.25) is 0 Å². The van der Waals surface area contributed by atoms with Gasteiger partial charge in [0.15, 0.2) is 0 Å². The molecule has 0 bridgehead atoms. The molecule has 7 heteroatoms. The minimum atomic E-state index is -0.531. The average Bonchev–Trinajstić information content (AvgIpc) is 2.50. The molecule has 2 aromatic carbocycles. The monoisotopic (exact) mass is 311 g/mol. The van der Waals surface area contributed by atoms with Crippen molar-refractivity contribution in [3.63, 3.8) is 0 Å². The maximum Gasteiger partial charge on any atom is 0.390 e. The number of hydrogen-bond donors (Lipinski definition) is 0. The van der Waals surface area contributed by atoms with Gasteiger partial charge < -0.3 is 0 Å². The first kappa shape index (κ1) is 14.7. The van der Waals surface area contributed by atoms with Crippen molar-refractivity contribution in [2.24, 2.45) is 0 Å². The number of hydrogen-bond acceptors (Lipinski definition) is 4. The van der Waals surface area contributed by atoms with Crippen LogP contribution >= 0.6 is 0 Å². The summed E-state index contributed by atoms with van der Waals surface area (Å²) >= 11 is 0. The SMILES string of the molecule is CC(=O)[n+]1c2ccccc2[n+](C(C)=O)c2cc([N+](=O)[O-])ccc21. The number of benzene rings is 2. The molecule has 3 aromatic rings. The van der Waals surface area contributed by atoms with E-state index in [4.69, 9.17) is 0 Å². The van der Waals surface area contributed by atoms with Crippen molar-refractivity contribution in [1.29, 1.82) is 0 Å². The molecule has 0 spiro atoms. The minimum Gasteiger partial charge on any atom is -0.258 e. The van der Waals surface area contributed by atoms with E-state index >= 15 is 0 Å². The lowest BCUT2D eigenvalue weighted by Gasteiger charge is -2.02. The molecule has 23 heavy (non-hydrogen) atoms. The molecule has 0 aliphatic heterocycles. The lowest BCUT2D eigenvalue weighted by Crippen LogP contribution is -2.51. The molecule has 0 atom stereocenters. The highest BCUT2D eigenvalue weighted by atomic mass is 16.6. The number of nitro benzene ring substituents is 1. The summed E-state index contributed by atoms with van der Waals surface area (Å²) in [4.78, 5) is 34.8. The van der Waals surface area contributed by atoms with Crippen LogP contribution < -0.4 is 9.13 Å². The number of para-hydroxylation sites is 2. The van der Waals surface area contributed by atoms with E-state index in [1.807, 2.05) is 0 Å². The Morgan fingerprint density at radius 3 is 1.83 bits per heavy atom. The number of fused-ring (bicyclic) bond motifs is 2. The van der Waals surface area contributed by atoms with Crippen LogP contribution in [-0.4, -0.2) is 16.7 Å². The predicted octanol–water partition coefficient (Wildman–Crippen LogP) is 1.80. The van der Waals surface area contributed by atoms with Crippen LogP contribution in [0.4, 0.5) is 5.69 Å². The largest absolute Gasteiger partial charge is 0.390 e. The number of nitrogens with zero attached hydrogens (tertiary/aromatic N) is 3. The molecular weight excluding hydrogens is 298 g/mol. The van der Waals surface area contributed by atoms with Gasteiger partial charge in [0.1, 0.15) is 0 Å². The Morgan fingerprint density at radius 1 is 0.870 bits per heavy atom. The lowest BCUT2D eigenvalue weighted by molar-refractivity contribution is -0.559. The number of nitro groups is 1. The van der Waals surface area contributed by atoms with Crippen LogP contribution in [0.2, 0.25) is 0 Å². The Kier molecular flexibility index (Phi) is 3.33. The number of non-ortho nitro benzene ring substituents is 1. The van der Waals surface area contributed by atoms with Crippen LogP contribution in [0.1, 0.15) is 23.4 Å². The second-order valence-corrected chi connectivity index (χ2v) is 5.13. The molecule has 7 nitrogen and oxygen atoms in total. The van der Waals surface area contributed by atoms with Crippen molar-refractivity contribution in [2.75, 3.05) is 0 Å². The van der Waals surface area contributed by atoms with Crippen molar-refractivity contribution < 1.29 is 23.6 Å². The molecule has 1 aromatic heterocycles. The molecular formula is C16H13N3O4+2. The van der Waals surface area contributed by atoms with Crippen molar-refractivity contribution in [1.82, 2.24) is 0 Å². The zero-order valence-corrected chi connectivity index (χ0v) is 12.5. The summed E-state index contributed by atoms with van der Waals surface area (Å²) in [5, 5.41) is 11.0. The Hall–Kier alpha value is -3.22. The van der Waals surface area contributed by atoms with Gasteiger partial charge in [-0.1, -0.05) is 12.1 Å². The number of carbonyl (C=O) groups is 2. The van der Waals surface area contributed by atoms with Gasteiger partial charge >= 0.3 is 11.8 Å². The fourth-order valence-electron chi connectivity index (χ4n) is 2.77. The first-order valence-electron chi connectivity index (χ1n) is 6.90. The molecule has 0 fully saturated rings. The summed E-state index contributed by atoms with van der Waals surface area (Å²) in [6.45, 7) is 2.79.